The van der Waals surface area contributed by atoms with E-state index in [1.165, 1.54) is 26.0 Å². The third kappa shape index (κ3) is 8.86. The number of esters is 2. The Morgan fingerprint density at radius 2 is 1.15 bits per heavy atom. The maximum Gasteiger partial charge on any atom is 0.308 e. The molecule has 202 valence electrons. The first-order chi connectivity index (χ1) is 18.4. The van der Waals surface area contributed by atoms with E-state index in [1.54, 1.807) is 36.4 Å². The van der Waals surface area contributed by atoms with Gasteiger partial charge in [-0.3, -0.25) is 14.1 Å². The Kier molecular flexibility index (Phi) is 10.1. The zero-order valence-corrected chi connectivity index (χ0v) is 23.7. The molecule has 0 aliphatic carbocycles. The molecule has 9 heteroatoms. The lowest BCUT2D eigenvalue weighted by atomic mass is 9.85. The Bertz CT molecular complexity index is 1470. The molecule has 0 bridgehead atoms. The van der Waals surface area contributed by atoms with Crippen molar-refractivity contribution in [2.75, 3.05) is 0 Å². The second-order valence-electron chi connectivity index (χ2n) is 8.68. The van der Waals surface area contributed by atoms with Crippen molar-refractivity contribution in [2.24, 2.45) is 0 Å². The van der Waals surface area contributed by atoms with Crippen LogP contribution in [0.25, 0.3) is 0 Å². The Hall–Kier alpha value is -3.84. The summed E-state index contributed by atoms with van der Waals surface area (Å²) in [7, 11) is -1.24. The number of benzene rings is 4. The molecule has 0 amide bonds. The van der Waals surface area contributed by atoms with E-state index in [1.807, 2.05) is 49.4 Å². The third-order valence-corrected chi connectivity index (χ3v) is 6.97. The van der Waals surface area contributed by atoms with Gasteiger partial charge in [0.2, 0.25) is 0 Å². The van der Waals surface area contributed by atoms with Crippen LogP contribution in [-0.2, 0) is 19.7 Å². The Balaban J connectivity index is 0.000000320. The van der Waals surface area contributed by atoms with E-state index in [4.69, 9.17) is 14.0 Å². The van der Waals surface area contributed by atoms with Crippen molar-refractivity contribution in [3.8, 4) is 11.5 Å². The molecule has 39 heavy (non-hydrogen) atoms. The molecule has 1 unspecified atom stereocenters. The van der Waals surface area contributed by atoms with Crippen molar-refractivity contribution >= 4 is 36.6 Å². The zero-order chi connectivity index (χ0) is 28.6. The van der Waals surface area contributed by atoms with Crippen molar-refractivity contribution in [3.63, 3.8) is 0 Å². The van der Waals surface area contributed by atoms with Gasteiger partial charge >= 0.3 is 11.9 Å². The lowest BCUT2D eigenvalue weighted by Gasteiger charge is -2.21. The minimum Gasteiger partial charge on any atom is -0.427 e. The highest BCUT2D eigenvalue weighted by Gasteiger charge is 2.19. The number of hydrogen-bond acceptors (Lipinski definition) is 6. The van der Waals surface area contributed by atoms with Gasteiger partial charge in [-0.1, -0.05) is 66.2 Å². The molecule has 4 aromatic rings. The molecule has 0 spiro atoms. The summed E-state index contributed by atoms with van der Waals surface area (Å²) in [5.41, 5.74) is 4.22. The summed E-state index contributed by atoms with van der Waals surface area (Å²) in [6.45, 7) is 4.60. The molecule has 0 heterocycles. The fourth-order valence-electron chi connectivity index (χ4n) is 3.82. The molecule has 7 nitrogen and oxygen atoms in total. The topological polar surface area (TPSA) is 107 Å². The first-order valence-corrected chi connectivity index (χ1v) is 13.9. The van der Waals surface area contributed by atoms with Crippen molar-refractivity contribution in [2.45, 2.75) is 31.6 Å². The molecular formula is C30H29O7PS. The largest absolute Gasteiger partial charge is 0.427 e. The fraction of sp³-hybridized carbons (Fsp3) is 0.133. The van der Waals surface area contributed by atoms with Crippen LogP contribution in [0.5, 0.6) is 11.5 Å². The lowest BCUT2D eigenvalue weighted by molar-refractivity contribution is -0.132. The SMILES string of the molecule is CC(=O)Oc1ccc(C(c2ccc(OC(C)=O)cc2)c2ccccc2P)cc1.Cc1ccc(S(=O)(=O)O)cc1. The van der Waals surface area contributed by atoms with Crippen molar-refractivity contribution in [1.82, 2.24) is 0 Å². The maximum absolute atomic E-state index is 11.2. The van der Waals surface area contributed by atoms with Crippen LogP contribution in [0.3, 0.4) is 0 Å². The lowest BCUT2D eigenvalue weighted by Crippen LogP contribution is -2.11. The van der Waals surface area contributed by atoms with Gasteiger partial charge in [-0.25, -0.2) is 0 Å². The highest BCUT2D eigenvalue weighted by atomic mass is 32.2. The van der Waals surface area contributed by atoms with Crippen LogP contribution in [0, 0.1) is 6.92 Å². The number of ether oxygens (including phenoxy) is 2. The van der Waals surface area contributed by atoms with E-state index >= 15 is 0 Å². The normalized spacial score (nSPS) is 10.8. The molecule has 0 aromatic heterocycles. The highest BCUT2D eigenvalue weighted by molar-refractivity contribution is 7.85. The van der Waals surface area contributed by atoms with Crippen LogP contribution in [0.2, 0.25) is 0 Å². The van der Waals surface area contributed by atoms with Crippen LogP contribution in [0.1, 0.15) is 42.0 Å². The Morgan fingerprint density at radius 3 is 1.54 bits per heavy atom. The Morgan fingerprint density at radius 1 is 0.718 bits per heavy atom. The quantitative estimate of drug-likeness (QED) is 0.109. The van der Waals surface area contributed by atoms with E-state index in [-0.39, 0.29) is 22.8 Å². The summed E-state index contributed by atoms with van der Waals surface area (Å²) in [6.07, 6.45) is 0. The summed E-state index contributed by atoms with van der Waals surface area (Å²) in [5.74, 6) is 0.312. The number of rotatable bonds is 6. The summed E-state index contributed by atoms with van der Waals surface area (Å²) in [5, 5.41) is 1.10. The minimum atomic E-state index is -4.02. The first kappa shape index (κ1) is 29.7. The number of carbonyl (C=O) groups is 2. The van der Waals surface area contributed by atoms with Gasteiger partial charge in [0.15, 0.2) is 0 Å². The van der Waals surface area contributed by atoms with Gasteiger partial charge in [0, 0.05) is 19.8 Å². The van der Waals surface area contributed by atoms with E-state index < -0.39 is 10.1 Å². The Labute approximate surface area is 230 Å². The predicted molar refractivity (Wildman–Crippen MR) is 153 cm³/mol. The minimum absolute atomic E-state index is 0.0218. The maximum atomic E-state index is 11.2. The summed E-state index contributed by atoms with van der Waals surface area (Å²) in [4.78, 5) is 22.3. The van der Waals surface area contributed by atoms with Gasteiger partial charge in [0.25, 0.3) is 10.1 Å². The second-order valence-corrected chi connectivity index (χ2v) is 10.7. The molecule has 0 saturated heterocycles. The average Bonchev–Trinajstić information content (AvgIpc) is 2.87. The third-order valence-electron chi connectivity index (χ3n) is 5.58. The predicted octanol–water partition coefficient (Wildman–Crippen LogP) is 5.46. The fourth-order valence-corrected chi connectivity index (χ4v) is 4.68. The van der Waals surface area contributed by atoms with Gasteiger partial charge in [-0.05, 0) is 65.3 Å². The van der Waals surface area contributed by atoms with Crippen molar-refractivity contribution < 1.29 is 32.0 Å². The molecular weight excluding hydrogens is 535 g/mol. The van der Waals surface area contributed by atoms with Crippen molar-refractivity contribution in [3.05, 3.63) is 119 Å². The van der Waals surface area contributed by atoms with Crippen LogP contribution in [0.4, 0.5) is 0 Å². The molecule has 0 radical (unpaired) electrons. The molecule has 0 aliphatic heterocycles. The molecule has 4 aromatic carbocycles. The van der Waals surface area contributed by atoms with E-state index in [0.717, 1.165) is 27.6 Å². The highest BCUT2D eigenvalue weighted by Crippen LogP contribution is 2.33. The van der Waals surface area contributed by atoms with Crippen LogP contribution in [-0.4, -0.2) is 24.9 Å². The number of hydrogen-bond donors (Lipinski definition) is 1. The molecule has 4 rings (SSSR count). The summed E-state index contributed by atoms with van der Waals surface area (Å²) >= 11 is 0. The average molecular weight is 565 g/mol. The van der Waals surface area contributed by atoms with Gasteiger partial charge < -0.3 is 9.47 Å². The second kappa shape index (κ2) is 13.3. The van der Waals surface area contributed by atoms with Crippen LogP contribution in [0.15, 0.2) is 102 Å². The summed E-state index contributed by atoms with van der Waals surface area (Å²) in [6, 6.07) is 29.1. The monoisotopic (exact) mass is 564 g/mol. The van der Waals surface area contributed by atoms with Crippen LogP contribution < -0.4 is 14.8 Å². The number of carbonyl (C=O) groups excluding carboxylic acids is 2. The van der Waals surface area contributed by atoms with E-state index in [9.17, 15) is 18.0 Å². The van der Waals surface area contributed by atoms with Crippen molar-refractivity contribution in [1.29, 1.82) is 0 Å². The van der Waals surface area contributed by atoms with Gasteiger partial charge in [-0.2, -0.15) is 8.42 Å². The molecule has 1 atom stereocenters. The van der Waals surface area contributed by atoms with Gasteiger partial charge in [0.05, 0.1) is 4.90 Å². The number of aryl methyl sites for hydroxylation is 1. The van der Waals surface area contributed by atoms with E-state index in [2.05, 4.69) is 15.3 Å². The zero-order valence-electron chi connectivity index (χ0n) is 21.7. The molecule has 1 N–H and O–H groups in total. The molecule has 0 saturated carbocycles. The summed E-state index contributed by atoms with van der Waals surface area (Å²) < 4.78 is 39.8. The van der Waals surface area contributed by atoms with Crippen LogP contribution >= 0.6 is 9.24 Å². The first-order valence-electron chi connectivity index (χ1n) is 11.9. The molecule has 0 aliphatic rings. The van der Waals surface area contributed by atoms with E-state index in [0.29, 0.717) is 11.5 Å². The van der Waals surface area contributed by atoms with Gasteiger partial charge in [0.1, 0.15) is 11.5 Å². The standard InChI is InChI=1S/C23H21O4P.C7H8O3S/c1-15(24)26-19-11-7-17(8-12-19)23(21-5-3-4-6-22(21)28)18-9-13-20(14-10-18)27-16(2)25;1-6-2-4-7(5-3-6)11(8,9)10/h3-14,23H,28H2,1-2H3;2-5H,1H3,(H,8,9,10). The molecule has 0 fully saturated rings. The van der Waals surface area contributed by atoms with Gasteiger partial charge in [-0.15, -0.1) is 9.24 Å². The smallest absolute Gasteiger partial charge is 0.308 e.